The van der Waals surface area contributed by atoms with Gasteiger partial charge in [-0.25, -0.2) is 0 Å². The van der Waals surface area contributed by atoms with E-state index in [1.54, 1.807) is 0 Å². The minimum Gasteiger partial charge on any atom is -0.0722 e. The number of hydrogen-bond donors (Lipinski definition) is 0. The molecular weight excluding hydrogens is 339 g/mol. The predicted molar refractivity (Wildman–Crippen MR) is 70.8 cm³/mol. The van der Waals surface area contributed by atoms with Gasteiger partial charge in [-0.3, -0.25) is 0 Å². The largest absolute Gasteiger partial charge is 0.0910 e. The van der Waals surface area contributed by atoms with E-state index >= 15 is 0 Å². The third-order valence-corrected chi connectivity index (χ3v) is 3.28. The normalized spacial score (nSPS) is 14.2. The van der Waals surface area contributed by atoms with Gasteiger partial charge in [0.15, 0.2) is 0 Å². The zero-order valence-electron chi connectivity index (χ0n) is 8.14. The van der Waals surface area contributed by atoms with Gasteiger partial charge in [0.1, 0.15) is 0 Å². The highest BCUT2D eigenvalue weighted by atomic mass is 127. The van der Waals surface area contributed by atoms with Crippen molar-refractivity contribution in [2.75, 3.05) is 0 Å². The summed E-state index contributed by atoms with van der Waals surface area (Å²) in [7, 11) is 0. The minimum absolute atomic E-state index is 0.256. The molecule has 1 unspecified atom stereocenters. The molecule has 72 valence electrons. The van der Waals surface area contributed by atoms with E-state index in [0.717, 1.165) is 0 Å². The lowest BCUT2D eigenvalue weighted by atomic mass is 9.87. The molecule has 0 aliphatic heterocycles. The number of halogens is 2. The van der Waals surface area contributed by atoms with E-state index in [2.05, 4.69) is 83.6 Å². The molecule has 0 aliphatic carbocycles. The quantitative estimate of drug-likeness (QED) is 0.502. The number of hydrogen-bond acceptors (Lipinski definition) is 0. The Labute approximate surface area is 102 Å². The highest BCUT2D eigenvalue weighted by molar-refractivity contribution is 14.1. The number of rotatable bonds is 1. The van der Waals surface area contributed by atoms with Crippen LogP contribution in [0.5, 0.6) is 0 Å². The fourth-order valence-electron chi connectivity index (χ4n) is 1.13. The molecule has 0 aromatic heterocycles. The molecule has 1 rings (SSSR count). The van der Waals surface area contributed by atoms with Gasteiger partial charge in [0.05, 0.1) is 2.83 Å². The van der Waals surface area contributed by atoms with E-state index in [4.69, 9.17) is 0 Å². The molecule has 0 saturated carbocycles. The molecule has 1 atom stereocenters. The summed E-state index contributed by atoms with van der Waals surface area (Å²) in [6, 6.07) is 8.80. The number of benzene rings is 1. The van der Waals surface area contributed by atoms with Crippen LogP contribution in [0.25, 0.3) is 0 Å². The summed E-state index contributed by atoms with van der Waals surface area (Å²) in [6.07, 6.45) is 0. The zero-order valence-corrected chi connectivity index (χ0v) is 11.9. The van der Waals surface area contributed by atoms with E-state index in [1.807, 2.05) is 0 Å². The monoisotopic (exact) mass is 352 g/mol. The Kier molecular flexibility index (Phi) is 3.81. The van der Waals surface area contributed by atoms with Gasteiger partial charge in [0.2, 0.25) is 0 Å². The molecule has 2 heteroatoms. The van der Waals surface area contributed by atoms with Crippen molar-refractivity contribution in [1.82, 2.24) is 0 Å². The molecule has 0 spiro atoms. The lowest BCUT2D eigenvalue weighted by Crippen LogP contribution is -2.10. The average Bonchev–Trinajstić information content (AvgIpc) is 2.03. The molecule has 1 aromatic carbocycles. The van der Waals surface area contributed by atoms with Crippen LogP contribution in [0.4, 0.5) is 0 Å². The topological polar surface area (TPSA) is 0 Å². The molecule has 13 heavy (non-hydrogen) atoms. The van der Waals surface area contributed by atoms with Crippen LogP contribution >= 0.6 is 38.5 Å². The van der Waals surface area contributed by atoms with Gasteiger partial charge in [0.25, 0.3) is 0 Å². The standard InChI is InChI=1S/C11H14BrI/c1-11(2,3)9-6-4-8(5-7-9)10(12)13/h4-7,10H,1-3H3. The first-order chi connectivity index (χ1) is 5.91. The van der Waals surface area contributed by atoms with Crippen LogP contribution in [-0.2, 0) is 5.41 Å². The highest BCUT2D eigenvalue weighted by Crippen LogP contribution is 2.31. The van der Waals surface area contributed by atoms with E-state index in [-0.39, 0.29) is 5.41 Å². The van der Waals surface area contributed by atoms with Gasteiger partial charge < -0.3 is 0 Å². The molecule has 0 radical (unpaired) electrons. The van der Waals surface area contributed by atoms with Crippen LogP contribution in [0, 0.1) is 0 Å². The molecule has 0 fully saturated rings. The first-order valence-electron chi connectivity index (χ1n) is 4.30. The van der Waals surface area contributed by atoms with Gasteiger partial charge in [-0.15, -0.1) is 0 Å². The Balaban J connectivity index is 2.94. The molecule has 0 saturated heterocycles. The van der Waals surface area contributed by atoms with Crippen molar-refractivity contribution in [2.24, 2.45) is 0 Å². The number of alkyl halides is 2. The molecule has 0 bridgehead atoms. The van der Waals surface area contributed by atoms with Gasteiger partial charge in [-0.1, -0.05) is 83.6 Å². The molecule has 0 N–H and O–H groups in total. The molecular formula is C11H14BrI. The summed E-state index contributed by atoms with van der Waals surface area (Å²) in [5, 5.41) is 0. The summed E-state index contributed by atoms with van der Waals surface area (Å²) in [4.78, 5) is 0. The zero-order chi connectivity index (χ0) is 10.1. The summed E-state index contributed by atoms with van der Waals surface area (Å²) in [5.74, 6) is 0. The maximum atomic E-state index is 3.54. The SMILES string of the molecule is CC(C)(C)c1ccc(C(Br)I)cc1. The van der Waals surface area contributed by atoms with Crippen LogP contribution < -0.4 is 0 Å². The van der Waals surface area contributed by atoms with Crippen LogP contribution in [-0.4, -0.2) is 0 Å². The van der Waals surface area contributed by atoms with Crippen molar-refractivity contribution in [1.29, 1.82) is 0 Å². The highest BCUT2D eigenvalue weighted by Gasteiger charge is 2.13. The predicted octanol–water partition coefficient (Wildman–Crippen LogP) is 4.81. The van der Waals surface area contributed by atoms with Gasteiger partial charge in [-0.2, -0.15) is 0 Å². The molecule has 0 nitrogen and oxygen atoms in total. The Morgan fingerprint density at radius 3 is 1.92 bits per heavy atom. The smallest absolute Gasteiger partial charge is 0.0722 e. The van der Waals surface area contributed by atoms with Crippen molar-refractivity contribution in [3.8, 4) is 0 Å². The third-order valence-electron chi connectivity index (χ3n) is 2.03. The summed E-state index contributed by atoms with van der Waals surface area (Å²) < 4.78 is 0.416. The maximum absolute atomic E-state index is 3.54. The second-order valence-corrected chi connectivity index (χ2v) is 8.05. The summed E-state index contributed by atoms with van der Waals surface area (Å²) in [6.45, 7) is 6.70. The van der Waals surface area contributed by atoms with Crippen LogP contribution in [0.3, 0.4) is 0 Å². The summed E-state index contributed by atoms with van der Waals surface area (Å²) in [5.41, 5.74) is 2.97. The van der Waals surface area contributed by atoms with E-state index in [1.165, 1.54) is 11.1 Å². The van der Waals surface area contributed by atoms with E-state index in [0.29, 0.717) is 2.83 Å². The maximum Gasteiger partial charge on any atom is 0.0910 e. The Bertz CT molecular complexity index is 269. The lowest BCUT2D eigenvalue weighted by Gasteiger charge is -2.19. The van der Waals surface area contributed by atoms with Crippen molar-refractivity contribution < 1.29 is 0 Å². The average molecular weight is 353 g/mol. The fraction of sp³-hybridized carbons (Fsp3) is 0.455. The minimum atomic E-state index is 0.256. The fourth-order valence-corrected chi connectivity index (χ4v) is 1.85. The lowest BCUT2D eigenvalue weighted by molar-refractivity contribution is 0.590. The van der Waals surface area contributed by atoms with Crippen molar-refractivity contribution in [3.63, 3.8) is 0 Å². The third kappa shape index (κ3) is 3.24. The van der Waals surface area contributed by atoms with E-state index in [9.17, 15) is 0 Å². The molecule has 0 aliphatic rings. The van der Waals surface area contributed by atoms with Crippen LogP contribution in [0.15, 0.2) is 24.3 Å². The molecule has 0 amide bonds. The van der Waals surface area contributed by atoms with Crippen LogP contribution in [0.1, 0.15) is 34.7 Å². The van der Waals surface area contributed by atoms with Gasteiger partial charge in [0, 0.05) is 0 Å². The molecule has 1 aromatic rings. The van der Waals surface area contributed by atoms with E-state index < -0.39 is 0 Å². The Morgan fingerprint density at radius 1 is 1.15 bits per heavy atom. The van der Waals surface area contributed by atoms with Crippen molar-refractivity contribution >= 4 is 38.5 Å². The Hall–Kier alpha value is 0.430. The summed E-state index contributed by atoms with van der Waals surface area (Å²) >= 11 is 5.90. The van der Waals surface area contributed by atoms with Crippen molar-refractivity contribution in [3.05, 3.63) is 35.4 Å². The second kappa shape index (κ2) is 4.30. The van der Waals surface area contributed by atoms with Gasteiger partial charge in [-0.05, 0) is 16.5 Å². The van der Waals surface area contributed by atoms with Crippen LogP contribution in [0.2, 0.25) is 0 Å². The first-order valence-corrected chi connectivity index (χ1v) is 6.46. The second-order valence-electron chi connectivity index (χ2n) is 4.17. The Morgan fingerprint density at radius 2 is 1.62 bits per heavy atom. The molecule has 0 heterocycles. The van der Waals surface area contributed by atoms with Gasteiger partial charge >= 0.3 is 0 Å². The van der Waals surface area contributed by atoms with Crippen molar-refractivity contribution in [2.45, 2.75) is 29.0 Å². The first kappa shape index (κ1) is 11.5.